The summed E-state index contributed by atoms with van der Waals surface area (Å²) in [5.41, 5.74) is 5.48. The second kappa shape index (κ2) is 5.51. The van der Waals surface area contributed by atoms with Crippen LogP contribution in [0.15, 0.2) is 0 Å². The molecule has 0 radical (unpaired) electrons. The van der Waals surface area contributed by atoms with Crippen molar-refractivity contribution in [1.82, 2.24) is 0 Å². The first-order valence-corrected chi connectivity index (χ1v) is 4.77. The second-order valence-electron chi connectivity index (χ2n) is 3.63. The number of aliphatic hydroxyl groups is 1. The van der Waals surface area contributed by atoms with Crippen molar-refractivity contribution in [2.24, 2.45) is 11.7 Å². The SMILES string of the molecule is NC(CO)COCC1CCCC1. The van der Waals surface area contributed by atoms with E-state index in [4.69, 9.17) is 15.6 Å². The van der Waals surface area contributed by atoms with Crippen LogP contribution in [-0.4, -0.2) is 31.0 Å². The Bertz CT molecular complexity index is 113. The van der Waals surface area contributed by atoms with Gasteiger partial charge >= 0.3 is 0 Å². The second-order valence-corrected chi connectivity index (χ2v) is 3.63. The molecule has 0 amide bonds. The fourth-order valence-electron chi connectivity index (χ4n) is 1.62. The third-order valence-corrected chi connectivity index (χ3v) is 2.39. The van der Waals surface area contributed by atoms with Crippen molar-refractivity contribution in [1.29, 1.82) is 0 Å². The smallest absolute Gasteiger partial charge is 0.0640 e. The van der Waals surface area contributed by atoms with Crippen molar-refractivity contribution < 1.29 is 9.84 Å². The molecule has 1 atom stereocenters. The van der Waals surface area contributed by atoms with Crippen LogP contribution in [0.2, 0.25) is 0 Å². The lowest BCUT2D eigenvalue weighted by Gasteiger charge is -2.12. The van der Waals surface area contributed by atoms with Crippen LogP contribution in [0.1, 0.15) is 25.7 Å². The van der Waals surface area contributed by atoms with E-state index < -0.39 is 0 Å². The molecule has 1 fully saturated rings. The Morgan fingerprint density at radius 1 is 1.42 bits per heavy atom. The lowest BCUT2D eigenvalue weighted by molar-refractivity contribution is 0.0763. The van der Waals surface area contributed by atoms with Crippen molar-refractivity contribution in [3.05, 3.63) is 0 Å². The number of nitrogens with two attached hydrogens (primary N) is 1. The molecule has 0 bridgehead atoms. The van der Waals surface area contributed by atoms with Gasteiger partial charge in [-0.3, -0.25) is 0 Å². The van der Waals surface area contributed by atoms with Crippen molar-refractivity contribution in [3.8, 4) is 0 Å². The molecule has 72 valence electrons. The molecule has 12 heavy (non-hydrogen) atoms. The van der Waals surface area contributed by atoms with Gasteiger partial charge in [-0.15, -0.1) is 0 Å². The van der Waals surface area contributed by atoms with Gasteiger partial charge in [-0.1, -0.05) is 12.8 Å². The highest BCUT2D eigenvalue weighted by Crippen LogP contribution is 2.24. The molecule has 0 aromatic carbocycles. The van der Waals surface area contributed by atoms with E-state index in [1.165, 1.54) is 25.7 Å². The van der Waals surface area contributed by atoms with Crippen LogP contribution in [0.4, 0.5) is 0 Å². The predicted octanol–water partition coefficient (Wildman–Crippen LogP) is 0.513. The highest BCUT2D eigenvalue weighted by atomic mass is 16.5. The number of ether oxygens (including phenoxy) is 1. The van der Waals surface area contributed by atoms with Gasteiger partial charge in [-0.2, -0.15) is 0 Å². The molecule has 1 saturated carbocycles. The molecule has 1 rings (SSSR count). The molecular weight excluding hydrogens is 154 g/mol. The lowest BCUT2D eigenvalue weighted by atomic mass is 10.1. The van der Waals surface area contributed by atoms with Crippen molar-refractivity contribution >= 4 is 0 Å². The maximum Gasteiger partial charge on any atom is 0.0640 e. The van der Waals surface area contributed by atoms with Crippen LogP contribution in [0.25, 0.3) is 0 Å². The van der Waals surface area contributed by atoms with E-state index in [2.05, 4.69) is 0 Å². The molecule has 0 heterocycles. The standard InChI is InChI=1S/C9H19NO2/c10-9(5-11)7-12-6-8-3-1-2-4-8/h8-9,11H,1-7,10H2. The first-order chi connectivity index (χ1) is 5.83. The number of aliphatic hydroxyl groups excluding tert-OH is 1. The zero-order chi connectivity index (χ0) is 8.81. The maximum absolute atomic E-state index is 8.62. The van der Waals surface area contributed by atoms with Crippen molar-refractivity contribution in [2.45, 2.75) is 31.7 Å². The Hall–Kier alpha value is -0.120. The Labute approximate surface area is 73.9 Å². The normalized spacial score (nSPS) is 21.5. The number of hydrogen-bond acceptors (Lipinski definition) is 3. The highest BCUT2D eigenvalue weighted by Gasteiger charge is 2.15. The summed E-state index contributed by atoms with van der Waals surface area (Å²) >= 11 is 0. The number of hydrogen-bond donors (Lipinski definition) is 2. The lowest BCUT2D eigenvalue weighted by Crippen LogP contribution is -2.30. The summed E-state index contributed by atoms with van der Waals surface area (Å²) in [5, 5.41) is 8.62. The van der Waals surface area contributed by atoms with E-state index in [1.807, 2.05) is 0 Å². The van der Waals surface area contributed by atoms with E-state index in [0.29, 0.717) is 6.61 Å². The zero-order valence-electron chi connectivity index (χ0n) is 7.54. The van der Waals surface area contributed by atoms with Crippen LogP contribution in [0.3, 0.4) is 0 Å². The summed E-state index contributed by atoms with van der Waals surface area (Å²) in [6.07, 6.45) is 5.29. The summed E-state index contributed by atoms with van der Waals surface area (Å²) < 4.78 is 5.39. The Kier molecular flexibility index (Phi) is 4.58. The highest BCUT2D eigenvalue weighted by molar-refractivity contribution is 4.67. The van der Waals surface area contributed by atoms with Gasteiger partial charge in [0.15, 0.2) is 0 Å². The minimum atomic E-state index is -0.202. The molecule has 0 aliphatic heterocycles. The van der Waals surface area contributed by atoms with Crippen LogP contribution in [0.5, 0.6) is 0 Å². The quantitative estimate of drug-likeness (QED) is 0.637. The Morgan fingerprint density at radius 3 is 2.67 bits per heavy atom. The van der Waals surface area contributed by atoms with Gasteiger partial charge < -0.3 is 15.6 Å². The van der Waals surface area contributed by atoms with Gasteiger partial charge in [0.2, 0.25) is 0 Å². The summed E-state index contributed by atoms with van der Waals surface area (Å²) in [6, 6.07) is -0.202. The van der Waals surface area contributed by atoms with E-state index in [0.717, 1.165) is 12.5 Å². The van der Waals surface area contributed by atoms with Gasteiger partial charge in [-0.05, 0) is 18.8 Å². The molecule has 3 N–H and O–H groups in total. The van der Waals surface area contributed by atoms with E-state index in [-0.39, 0.29) is 12.6 Å². The molecule has 0 spiro atoms. The third kappa shape index (κ3) is 3.52. The number of rotatable bonds is 5. The average Bonchev–Trinajstić information content (AvgIpc) is 2.57. The van der Waals surface area contributed by atoms with Crippen LogP contribution >= 0.6 is 0 Å². The summed E-state index contributed by atoms with van der Waals surface area (Å²) in [4.78, 5) is 0. The van der Waals surface area contributed by atoms with E-state index in [9.17, 15) is 0 Å². The van der Waals surface area contributed by atoms with Gasteiger partial charge in [0.25, 0.3) is 0 Å². The van der Waals surface area contributed by atoms with Crippen LogP contribution < -0.4 is 5.73 Å². The first kappa shape index (κ1) is 9.96. The first-order valence-electron chi connectivity index (χ1n) is 4.77. The van der Waals surface area contributed by atoms with Gasteiger partial charge in [-0.25, -0.2) is 0 Å². The van der Waals surface area contributed by atoms with Gasteiger partial charge in [0.1, 0.15) is 0 Å². The molecule has 0 saturated heterocycles. The fourth-order valence-corrected chi connectivity index (χ4v) is 1.62. The minimum Gasteiger partial charge on any atom is -0.395 e. The topological polar surface area (TPSA) is 55.5 Å². The molecule has 0 aromatic heterocycles. The maximum atomic E-state index is 8.62. The van der Waals surface area contributed by atoms with E-state index >= 15 is 0 Å². The van der Waals surface area contributed by atoms with Gasteiger partial charge in [0.05, 0.1) is 19.3 Å². The summed E-state index contributed by atoms with van der Waals surface area (Å²) in [5.74, 6) is 0.746. The van der Waals surface area contributed by atoms with Crippen LogP contribution in [-0.2, 0) is 4.74 Å². The van der Waals surface area contributed by atoms with Gasteiger partial charge in [0, 0.05) is 6.61 Å². The van der Waals surface area contributed by atoms with Crippen molar-refractivity contribution in [3.63, 3.8) is 0 Å². The van der Waals surface area contributed by atoms with E-state index in [1.54, 1.807) is 0 Å². The Balaban J connectivity index is 1.94. The summed E-state index contributed by atoms with van der Waals surface area (Å²) in [6.45, 7) is 1.34. The molecule has 1 aliphatic rings. The zero-order valence-corrected chi connectivity index (χ0v) is 7.54. The summed E-state index contributed by atoms with van der Waals surface area (Å²) in [7, 11) is 0. The largest absolute Gasteiger partial charge is 0.395 e. The monoisotopic (exact) mass is 173 g/mol. The van der Waals surface area contributed by atoms with Crippen molar-refractivity contribution in [2.75, 3.05) is 19.8 Å². The average molecular weight is 173 g/mol. The minimum absolute atomic E-state index is 0.0185. The molecule has 1 unspecified atom stereocenters. The molecule has 1 aliphatic carbocycles. The van der Waals surface area contributed by atoms with Crippen LogP contribution in [0, 0.1) is 5.92 Å². The molecule has 0 aromatic rings. The third-order valence-electron chi connectivity index (χ3n) is 2.39. The predicted molar refractivity (Wildman–Crippen MR) is 47.8 cm³/mol. The molecule has 3 nitrogen and oxygen atoms in total. The fraction of sp³-hybridized carbons (Fsp3) is 1.00. The molecular formula is C9H19NO2. The molecule has 3 heteroatoms. The Morgan fingerprint density at radius 2 is 2.08 bits per heavy atom.